The van der Waals surface area contributed by atoms with E-state index < -0.39 is 17.1 Å². The second-order valence-corrected chi connectivity index (χ2v) is 8.83. The lowest BCUT2D eigenvalue weighted by atomic mass is 10.0. The maximum absolute atomic E-state index is 12.9. The second-order valence-electron chi connectivity index (χ2n) is 6.96. The van der Waals surface area contributed by atoms with Gasteiger partial charge in [-0.2, -0.15) is 0 Å². The number of allylic oxidation sites excluding steroid dienone is 1. The molecule has 1 N–H and O–H groups in total. The van der Waals surface area contributed by atoms with Crippen molar-refractivity contribution in [1.29, 1.82) is 0 Å². The van der Waals surface area contributed by atoms with Gasteiger partial charge in [0.2, 0.25) is 5.91 Å². The van der Waals surface area contributed by atoms with Crippen molar-refractivity contribution >= 4 is 52.3 Å². The number of thioether (sulfide) groups is 2. The zero-order valence-electron chi connectivity index (χ0n) is 18.5. The average molecular weight is 485 g/mol. The van der Waals surface area contributed by atoms with Crippen LogP contribution in [0.25, 0.3) is 6.08 Å². The Balaban J connectivity index is 1.78. The normalized spacial score (nSPS) is 14.5. The van der Waals surface area contributed by atoms with Crippen molar-refractivity contribution in [3.05, 3.63) is 65.1 Å². The van der Waals surface area contributed by atoms with Crippen LogP contribution in [0.3, 0.4) is 0 Å². The predicted molar refractivity (Wildman–Crippen MR) is 133 cm³/mol. The molecule has 1 heterocycles. The standard InChI is InChI=1S/C24H24N2O5S2/c1-5-7-16-10-15(11-19(30-2)22(16)31-3)12-20-23(28)26(24(29)33-20)14-21(27)25-17-8-6-9-18(13-17)32-4/h5-6,8-13H,1,7,14H2,2-4H3,(H,25,27)/b20-12-. The van der Waals surface area contributed by atoms with E-state index >= 15 is 0 Å². The van der Waals surface area contributed by atoms with E-state index in [0.29, 0.717) is 29.2 Å². The number of benzene rings is 2. The van der Waals surface area contributed by atoms with Gasteiger partial charge in [0.05, 0.1) is 19.1 Å². The molecule has 172 valence electrons. The molecule has 0 bridgehead atoms. The predicted octanol–water partition coefficient (Wildman–Crippen LogP) is 4.83. The van der Waals surface area contributed by atoms with Gasteiger partial charge in [0.25, 0.3) is 11.1 Å². The fourth-order valence-electron chi connectivity index (χ4n) is 3.29. The van der Waals surface area contributed by atoms with Gasteiger partial charge in [0.1, 0.15) is 6.54 Å². The topological polar surface area (TPSA) is 84.9 Å². The summed E-state index contributed by atoms with van der Waals surface area (Å²) in [5.41, 5.74) is 2.12. The third kappa shape index (κ3) is 5.80. The molecule has 3 rings (SSSR count). The largest absolute Gasteiger partial charge is 0.493 e. The number of rotatable bonds is 9. The zero-order valence-corrected chi connectivity index (χ0v) is 20.2. The number of nitrogens with zero attached hydrogens (tertiary/aromatic N) is 1. The minimum Gasteiger partial charge on any atom is -0.493 e. The highest BCUT2D eigenvalue weighted by Gasteiger charge is 2.36. The van der Waals surface area contributed by atoms with Crippen molar-refractivity contribution in [2.75, 3.05) is 32.3 Å². The molecular formula is C24H24N2O5S2. The van der Waals surface area contributed by atoms with Crippen LogP contribution < -0.4 is 14.8 Å². The lowest BCUT2D eigenvalue weighted by molar-refractivity contribution is -0.127. The second kappa shape index (κ2) is 11.1. The fraction of sp³-hybridized carbons (Fsp3) is 0.208. The van der Waals surface area contributed by atoms with Crippen molar-refractivity contribution in [2.24, 2.45) is 0 Å². The summed E-state index contributed by atoms with van der Waals surface area (Å²) in [5.74, 6) is 0.133. The van der Waals surface area contributed by atoms with E-state index in [-0.39, 0.29) is 11.4 Å². The van der Waals surface area contributed by atoms with E-state index in [2.05, 4.69) is 11.9 Å². The van der Waals surface area contributed by atoms with Crippen LogP contribution >= 0.6 is 23.5 Å². The van der Waals surface area contributed by atoms with E-state index in [9.17, 15) is 14.4 Å². The lowest BCUT2D eigenvalue weighted by Gasteiger charge is -2.14. The number of methoxy groups -OCH3 is 2. The average Bonchev–Trinajstić information content (AvgIpc) is 3.06. The summed E-state index contributed by atoms with van der Waals surface area (Å²) in [7, 11) is 3.08. The molecule has 0 radical (unpaired) electrons. The summed E-state index contributed by atoms with van der Waals surface area (Å²) < 4.78 is 10.8. The molecule has 0 unspecified atom stereocenters. The van der Waals surface area contributed by atoms with Gasteiger partial charge >= 0.3 is 0 Å². The summed E-state index contributed by atoms with van der Waals surface area (Å²) in [6, 6.07) is 10.9. The highest BCUT2D eigenvalue weighted by atomic mass is 32.2. The molecule has 9 heteroatoms. The Morgan fingerprint density at radius 1 is 1.21 bits per heavy atom. The molecular weight excluding hydrogens is 460 g/mol. The van der Waals surface area contributed by atoms with Crippen LogP contribution in [-0.2, 0) is 16.0 Å². The molecule has 3 amide bonds. The highest BCUT2D eigenvalue weighted by Crippen LogP contribution is 2.37. The first-order valence-electron chi connectivity index (χ1n) is 9.95. The van der Waals surface area contributed by atoms with E-state index in [0.717, 1.165) is 27.1 Å². The zero-order chi connectivity index (χ0) is 24.0. The number of nitrogens with one attached hydrogen (secondary N) is 1. The van der Waals surface area contributed by atoms with Crippen LogP contribution in [0.1, 0.15) is 11.1 Å². The fourth-order valence-corrected chi connectivity index (χ4v) is 4.59. The maximum Gasteiger partial charge on any atom is 0.294 e. The molecule has 0 aliphatic carbocycles. The Morgan fingerprint density at radius 2 is 2.00 bits per heavy atom. The first kappa shape index (κ1) is 24.5. The summed E-state index contributed by atoms with van der Waals surface area (Å²) in [5, 5.41) is 2.24. The molecule has 1 fully saturated rings. The SMILES string of the molecule is C=CCc1cc(/C=C2\SC(=O)N(CC(=O)Nc3cccc(SC)c3)C2=O)cc(OC)c1OC. The number of imide groups is 1. The van der Waals surface area contributed by atoms with Crippen molar-refractivity contribution in [3.63, 3.8) is 0 Å². The Kier molecular flexibility index (Phi) is 8.24. The molecule has 0 atom stereocenters. The smallest absolute Gasteiger partial charge is 0.294 e. The first-order chi connectivity index (χ1) is 15.9. The Hall–Kier alpha value is -3.17. The van der Waals surface area contributed by atoms with Crippen LogP contribution in [0.5, 0.6) is 11.5 Å². The molecule has 2 aromatic carbocycles. The monoisotopic (exact) mass is 484 g/mol. The highest BCUT2D eigenvalue weighted by molar-refractivity contribution is 8.18. The number of amides is 3. The molecule has 0 saturated carbocycles. The molecule has 2 aromatic rings. The van der Waals surface area contributed by atoms with E-state index in [1.807, 2.05) is 30.5 Å². The van der Waals surface area contributed by atoms with Crippen molar-refractivity contribution in [2.45, 2.75) is 11.3 Å². The Morgan fingerprint density at radius 3 is 2.67 bits per heavy atom. The molecule has 7 nitrogen and oxygen atoms in total. The summed E-state index contributed by atoms with van der Waals surface area (Å²) in [6.45, 7) is 3.40. The van der Waals surface area contributed by atoms with Crippen LogP contribution in [-0.4, -0.2) is 49.0 Å². The molecule has 1 aliphatic rings. The van der Waals surface area contributed by atoms with Crippen molar-refractivity contribution in [3.8, 4) is 11.5 Å². The Bertz CT molecular complexity index is 1130. The molecule has 1 saturated heterocycles. The molecule has 0 spiro atoms. The van der Waals surface area contributed by atoms with Gasteiger partial charge in [-0.15, -0.1) is 18.3 Å². The van der Waals surface area contributed by atoms with Gasteiger partial charge in [-0.1, -0.05) is 12.1 Å². The van der Waals surface area contributed by atoms with Gasteiger partial charge < -0.3 is 14.8 Å². The minimum atomic E-state index is -0.516. The number of anilines is 1. The lowest BCUT2D eigenvalue weighted by Crippen LogP contribution is -2.36. The third-order valence-corrected chi connectivity index (χ3v) is 6.40. The van der Waals surface area contributed by atoms with E-state index in [4.69, 9.17) is 9.47 Å². The van der Waals surface area contributed by atoms with Crippen LogP contribution in [0.15, 0.2) is 58.9 Å². The van der Waals surface area contributed by atoms with Gasteiger partial charge in [0, 0.05) is 16.1 Å². The summed E-state index contributed by atoms with van der Waals surface area (Å²) in [4.78, 5) is 39.9. The van der Waals surface area contributed by atoms with Crippen LogP contribution in [0.2, 0.25) is 0 Å². The van der Waals surface area contributed by atoms with Gasteiger partial charge in [0.15, 0.2) is 11.5 Å². The third-order valence-electron chi connectivity index (χ3n) is 4.77. The minimum absolute atomic E-state index is 0.231. The number of carbonyl (C=O) groups excluding carboxylic acids is 3. The molecule has 33 heavy (non-hydrogen) atoms. The van der Waals surface area contributed by atoms with Gasteiger partial charge in [-0.3, -0.25) is 19.3 Å². The Labute approximate surface area is 201 Å². The number of hydrogen-bond donors (Lipinski definition) is 1. The maximum atomic E-state index is 12.9. The van der Waals surface area contributed by atoms with E-state index in [1.165, 1.54) is 7.11 Å². The van der Waals surface area contributed by atoms with Crippen LogP contribution in [0.4, 0.5) is 10.5 Å². The van der Waals surface area contributed by atoms with Gasteiger partial charge in [-0.05, 0) is 66.4 Å². The van der Waals surface area contributed by atoms with Gasteiger partial charge in [-0.25, -0.2) is 0 Å². The molecule has 1 aliphatic heterocycles. The van der Waals surface area contributed by atoms with Crippen molar-refractivity contribution < 1.29 is 23.9 Å². The number of carbonyl (C=O) groups is 3. The number of ether oxygens (including phenoxy) is 2. The summed E-state index contributed by atoms with van der Waals surface area (Å²) in [6.07, 6.45) is 5.83. The van der Waals surface area contributed by atoms with Crippen LogP contribution in [0, 0.1) is 0 Å². The van der Waals surface area contributed by atoms with E-state index in [1.54, 1.807) is 43.2 Å². The quantitative estimate of drug-likeness (QED) is 0.310. The van der Waals surface area contributed by atoms with Crippen molar-refractivity contribution in [1.82, 2.24) is 4.90 Å². The summed E-state index contributed by atoms with van der Waals surface area (Å²) >= 11 is 2.35. The number of hydrogen-bond acceptors (Lipinski definition) is 7. The first-order valence-corrected chi connectivity index (χ1v) is 12.0. The molecule has 0 aromatic heterocycles.